The summed E-state index contributed by atoms with van der Waals surface area (Å²) in [5, 5.41) is 3.02. The highest BCUT2D eigenvalue weighted by Crippen LogP contribution is 2.39. The fraction of sp³-hybridized carbons (Fsp3) is 0.231. The first-order valence-electron chi connectivity index (χ1n) is 10.6. The molecule has 150 valence electrons. The van der Waals surface area contributed by atoms with Gasteiger partial charge >= 0.3 is 0 Å². The van der Waals surface area contributed by atoms with Gasteiger partial charge in [0.05, 0.1) is 11.6 Å². The van der Waals surface area contributed by atoms with Gasteiger partial charge in [0.2, 0.25) is 11.8 Å². The molecule has 1 aromatic heterocycles. The molecule has 0 unspecified atom stereocenters. The Morgan fingerprint density at radius 3 is 2.47 bits per heavy atom. The summed E-state index contributed by atoms with van der Waals surface area (Å²) < 4.78 is 2.23. The van der Waals surface area contributed by atoms with Crippen molar-refractivity contribution in [2.75, 3.05) is 4.90 Å². The van der Waals surface area contributed by atoms with Crippen molar-refractivity contribution in [1.82, 2.24) is 4.57 Å². The third kappa shape index (κ3) is 2.91. The maximum atomic E-state index is 13.5. The van der Waals surface area contributed by atoms with Gasteiger partial charge < -0.3 is 4.57 Å². The van der Waals surface area contributed by atoms with Crippen LogP contribution < -0.4 is 4.90 Å². The minimum atomic E-state index is -0.441. The molecule has 0 N–H and O–H groups in total. The van der Waals surface area contributed by atoms with Crippen molar-refractivity contribution in [1.29, 1.82) is 0 Å². The maximum Gasteiger partial charge on any atom is 0.241 e. The fourth-order valence-corrected chi connectivity index (χ4v) is 4.60. The third-order valence-electron chi connectivity index (χ3n) is 6.10. The van der Waals surface area contributed by atoms with Gasteiger partial charge in [-0.05, 0) is 29.5 Å². The van der Waals surface area contributed by atoms with Gasteiger partial charge in [-0.2, -0.15) is 0 Å². The van der Waals surface area contributed by atoms with Gasteiger partial charge in [0.25, 0.3) is 0 Å². The van der Waals surface area contributed by atoms with Crippen molar-refractivity contribution in [3.8, 4) is 0 Å². The predicted octanol–water partition coefficient (Wildman–Crippen LogP) is 5.64. The number of unbranched alkanes of at least 4 members (excludes halogenated alkanes) is 1. The number of nitrogens with zero attached hydrogens (tertiary/aromatic N) is 2. The van der Waals surface area contributed by atoms with Crippen LogP contribution in [0.4, 0.5) is 5.69 Å². The Bertz CT molecular complexity index is 1270. The summed E-state index contributed by atoms with van der Waals surface area (Å²) in [6, 6.07) is 21.8. The number of aromatic nitrogens is 1. The van der Waals surface area contributed by atoms with E-state index in [2.05, 4.69) is 29.8 Å². The van der Waals surface area contributed by atoms with E-state index in [9.17, 15) is 9.59 Å². The lowest BCUT2D eigenvalue weighted by atomic mass is 9.97. The van der Waals surface area contributed by atoms with Crippen LogP contribution in [0.1, 0.15) is 37.7 Å². The molecular formula is C26H24N2O2. The van der Waals surface area contributed by atoms with Crippen LogP contribution >= 0.6 is 0 Å². The summed E-state index contributed by atoms with van der Waals surface area (Å²) in [5.74, 6) is -0.703. The van der Waals surface area contributed by atoms with Gasteiger partial charge in [0.1, 0.15) is 0 Å². The Kier molecular flexibility index (Phi) is 4.62. The van der Waals surface area contributed by atoms with Crippen molar-refractivity contribution in [3.05, 3.63) is 78.5 Å². The normalized spacial score (nSPS) is 16.8. The zero-order valence-corrected chi connectivity index (χ0v) is 17.0. The number of benzene rings is 3. The highest BCUT2D eigenvalue weighted by Gasteiger charge is 2.42. The van der Waals surface area contributed by atoms with Crippen molar-refractivity contribution < 1.29 is 9.59 Å². The lowest BCUT2D eigenvalue weighted by Gasteiger charge is -2.17. The van der Waals surface area contributed by atoms with Crippen LogP contribution in [0.5, 0.6) is 0 Å². The van der Waals surface area contributed by atoms with E-state index in [1.54, 1.807) is 0 Å². The molecular weight excluding hydrogens is 372 g/mol. The van der Waals surface area contributed by atoms with Crippen molar-refractivity contribution in [2.24, 2.45) is 0 Å². The van der Waals surface area contributed by atoms with Gasteiger partial charge in [0, 0.05) is 35.5 Å². The Hall–Kier alpha value is -3.40. The zero-order valence-electron chi connectivity index (χ0n) is 17.0. The van der Waals surface area contributed by atoms with Crippen LogP contribution in [0.2, 0.25) is 0 Å². The van der Waals surface area contributed by atoms with Gasteiger partial charge in [-0.1, -0.05) is 67.9 Å². The summed E-state index contributed by atoms with van der Waals surface area (Å²) in [5.41, 5.74) is 2.77. The second-order valence-corrected chi connectivity index (χ2v) is 7.97. The molecule has 4 nitrogen and oxygen atoms in total. The second kappa shape index (κ2) is 7.45. The van der Waals surface area contributed by atoms with E-state index in [0.29, 0.717) is 5.69 Å². The van der Waals surface area contributed by atoms with E-state index < -0.39 is 5.92 Å². The molecule has 2 amide bonds. The lowest BCUT2D eigenvalue weighted by molar-refractivity contribution is -0.121. The van der Waals surface area contributed by atoms with Crippen LogP contribution in [-0.4, -0.2) is 16.4 Å². The molecule has 1 saturated heterocycles. The summed E-state index contributed by atoms with van der Waals surface area (Å²) in [6.07, 6.45) is 4.49. The number of aryl methyl sites for hydroxylation is 1. The van der Waals surface area contributed by atoms with E-state index in [4.69, 9.17) is 0 Å². The van der Waals surface area contributed by atoms with E-state index in [0.717, 1.165) is 46.6 Å². The minimum Gasteiger partial charge on any atom is -0.347 e. The highest BCUT2D eigenvalue weighted by atomic mass is 16.2. The molecule has 0 bridgehead atoms. The Morgan fingerprint density at radius 1 is 0.900 bits per heavy atom. The molecule has 4 aromatic rings. The fourth-order valence-electron chi connectivity index (χ4n) is 4.60. The SMILES string of the molecule is CCCCn1cc([C@@H]2CC(=O)N(c3cccc4ccccc34)C2=O)c2ccccc21. The first kappa shape index (κ1) is 18.6. The second-order valence-electron chi connectivity index (χ2n) is 7.97. The number of fused-ring (bicyclic) bond motifs is 2. The van der Waals surface area contributed by atoms with Crippen molar-refractivity contribution >= 4 is 39.2 Å². The highest BCUT2D eigenvalue weighted by molar-refractivity contribution is 6.26. The monoisotopic (exact) mass is 396 g/mol. The van der Waals surface area contributed by atoms with E-state index >= 15 is 0 Å². The van der Waals surface area contributed by atoms with Crippen LogP contribution in [0.15, 0.2) is 72.9 Å². The average molecular weight is 396 g/mol. The molecule has 4 heteroatoms. The van der Waals surface area contributed by atoms with Gasteiger partial charge in [-0.25, -0.2) is 4.90 Å². The number of para-hydroxylation sites is 1. The Labute approximate surface area is 175 Å². The minimum absolute atomic E-state index is 0.130. The quantitative estimate of drug-likeness (QED) is 0.410. The number of carbonyl (C=O) groups excluding carboxylic acids is 2. The topological polar surface area (TPSA) is 42.3 Å². The lowest BCUT2D eigenvalue weighted by Crippen LogP contribution is -2.30. The molecule has 3 aromatic carbocycles. The number of anilines is 1. The molecule has 0 aliphatic carbocycles. The number of rotatable bonds is 5. The molecule has 0 spiro atoms. The third-order valence-corrected chi connectivity index (χ3v) is 6.10. The van der Waals surface area contributed by atoms with Gasteiger partial charge in [-0.15, -0.1) is 0 Å². The van der Waals surface area contributed by atoms with E-state index in [1.807, 2.05) is 54.6 Å². The van der Waals surface area contributed by atoms with E-state index in [1.165, 1.54) is 4.90 Å². The average Bonchev–Trinajstić information content (AvgIpc) is 3.28. The first-order chi connectivity index (χ1) is 14.7. The van der Waals surface area contributed by atoms with Crippen molar-refractivity contribution in [3.63, 3.8) is 0 Å². The largest absolute Gasteiger partial charge is 0.347 e. The summed E-state index contributed by atoms with van der Waals surface area (Å²) >= 11 is 0. The molecule has 5 rings (SSSR count). The van der Waals surface area contributed by atoms with Gasteiger partial charge in [0.15, 0.2) is 0 Å². The van der Waals surface area contributed by atoms with Crippen molar-refractivity contribution in [2.45, 2.75) is 38.6 Å². The maximum absolute atomic E-state index is 13.5. The predicted molar refractivity (Wildman–Crippen MR) is 121 cm³/mol. The first-order valence-corrected chi connectivity index (χ1v) is 10.6. The summed E-state index contributed by atoms with van der Waals surface area (Å²) in [7, 11) is 0. The number of hydrogen-bond donors (Lipinski definition) is 0. The van der Waals surface area contributed by atoms with E-state index in [-0.39, 0.29) is 18.2 Å². The number of amides is 2. The molecule has 1 fully saturated rings. The number of hydrogen-bond acceptors (Lipinski definition) is 2. The summed E-state index contributed by atoms with van der Waals surface area (Å²) in [4.78, 5) is 27.9. The molecule has 1 aliphatic rings. The molecule has 1 aliphatic heterocycles. The molecule has 0 saturated carbocycles. The summed E-state index contributed by atoms with van der Waals surface area (Å²) in [6.45, 7) is 3.09. The Balaban J connectivity index is 1.58. The molecule has 1 atom stereocenters. The van der Waals surface area contributed by atoms with Gasteiger partial charge in [-0.3, -0.25) is 9.59 Å². The number of carbonyl (C=O) groups is 2. The van der Waals surface area contributed by atoms with Crippen LogP contribution in [0.25, 0.3) is 21.7 Å². The molecule has 2 heterocycles. The van der Waals surface area contributed by atoms with Crippen LogP contribution in [0, 0.1) is 0 Å². The van der Waals surface area contributed by atoms with Crippen LogP contribution in [-0.2, 0) is 16.1 Å². The number of imide groups is 1. The zero-order chi connectivity index (χ0) is 20.7. The smallest absolute Gasteiger partial charge is 0.241 e. The molecule has 30 heavy (non-hydrogen) atoms. The Morgan fingerprint density at radius 2 is 1.63 bits per heavy atom. The molecule has 0 radical (unpaired) electrons. The standard InChI is InChI=1S/C26H24N2O2/c1-2-3-15-27-17-22(20-12-6-7-13-23(20)27)21-16-25(29)28(26(21)30)24-14-8-10-18-9-4-5-11-19(18)24/h4-14,17,21H,2-3,15-16H2,1H3/t21-/m0/s1. The van der Waals surface area contributed by atoms with Crippen LogP contribution in [0.3, 0.4) is 0 Å².